The Morgan fingerprint density at radius 2 is 0.174 bits per heavy atom. The van der Waals surface area contributed by atoms with Crippen LogP contribution in [-0.2, 0) is 32.9 Å². The molecule has 21 radical (unpaired) electrons. The van der Waals surface area contributed by atoms with E-state index in [1.54, 1.807) is 0 Å². The molecule has 0 aromatic carbocycles. The van der Waals surface area contributed by atoms with Gasteiger partial charge in [-0.2, -0.15) is 0 Å². The van der Waals surface area contributed by atoms with Gasteiger partial charge < -0.3 is 86.7 Å². The van der Waals surface area contributed by atoms with Gasteiger partial charge in [0.25, 0.3) is 0 Å². The van der Waals surface area contributed by atoms with E-state index < -0.39 is 0 Å². The predicted molar refractivity (Wildman–Crippen MR) is 102 cm³/mol. The van der Waals surface area contributed by atoms with E-state index in [0.29, 0.717) is 0 Å². The van der Waals surface area contributed by atoms with Crippen molar-refractivity contribution in [2.75, 3.05) is 0 Å². The molecule has 0 unspecified atom stereocenters. The van der Waals surface area contributed by atoms with E-state index in [1.165, 1.54) is 0 Å². The first-order valence-corrected chi connectivity index (χ1v) is 0. The Morgan fingerprint density at radius 1 is 0.174 bits per heavy atom. The van der Waals surface area contributed by atoms with Crippen molar-refractivity contribution in [3.8, 4) is 0 Å². The fourth-order valence-electron chi connectivity index (χ4n) is 0. The average Bonchev–Trinajstić information content (AvgIpc) is 0. The van der Waals surface area contributed by atoms with E-state index >= 15 is 0 Å². The van der Waals surface area contributed by atoms with Gasteiger partial charge >= 0.3 is 122 Å². The summed E-state index contributed by atoms with van der Waals surface area (Å²) in [5, 5.41) is 0. The molecule has 0 atom stereocenters. The molecule has 0 saturated heterocycles. The summed E-state index contributed by atoms with van der Waals surface area (Å²) in [4.78, 5) is 0. The van der Waals surface area contributed by atoms with Crippen molar-refractivity contribution in [3.63, 3.8) is 0 Å². The average molecular weight is 998 g/mol. The molecule has 0 fully saturated rings. The zero-order valence-electron chi connectivity index (χ0n) is 11.9. The molecule has 0 aliphatic heterocycles. The third kappa shape index (κ3) is 300. The summed E-state index contributed by atoms with van der Waals surface area (Å²) in [6, 6.07) is 0. The summed E-state index contributed by atoms with van der Waals surface area (Å²) in [5.74, 6) is 0. The summed E-state index contributed by atoms with van der Waals surface area (Å²) >= 11 is 0. The fraction of sp³-hybridized carbons (Fsp3) is 0. The molecule has 0 spiro atoms. The van der Waals surface area contributed by atoms with Crippen LogP contribution in [0.3, 0.4) is 0 Å². The molecule has 0 aromatic heterocycles. The third-order valence-corrected chi connectivity index (χ3v) is 0. The first-order chi connectivity index (χ1) is 0. The third-order valence-electron chi connectivity index (χ3n) is 0. The fourth-order valence-corrected chi connectivity index (χ4v) is 0. The Hall–Kier alpha value is 9.62. The molecule has 0 bridgehead atoms. The maximum Gasteiger partial charge on any atom is 3.00 e. The van der Waals surface area contributed by atoms with E-state index in [9.17, 15) is 0 Å². The van der Waals surface area contributed by atoms with Crippen LogP contribution in [0, 0.1) is 0 Å². The molecular weight excluding hydrogens is 998 g/mol. The molecule has 0 aromatic rings. The largest absolute Gasteiger partial charge is 3.00 e. The minimum atomic E-state index is 0. The molecule has 23 heavy (non-hydrogen) atoms. The number of hydrogen-bond acceptors (Lipinski definition) is 0. The van der Waals surface area contributed by atoms with Gasteiger partial charge in [0.05, 0.1) is 0 Å². The van der Waals surface area contributed by atoms with Crippen molar-refractivity contribution in [1.29, 1.82) is 0 Å². The minimum Gasteiger partial charge on any atom is -3.00 e. The standard InChI is InChI=1S/7Al.3As.7Ga.6O/q7*+3;3*-3;;;;;;;;6*-2. The molecule has 0 rings (SSSR count). The molecule has 0 aliphatic rings. The zero-order chi connectivity index (χ0) is 0. The summed E-state index contributed by atoms with van der Waals surface area (Å²) < 4.78 is 0. The van der Waals surface area contributed by atoms with Crippen LogP contribution in [0.25, 0.3) is 0 Å². The first kappa shape index (κ1) is 353. The smallest absolute Gasteiger partial charge is 3.00 e. The Kier molecular flexibility index (Phi) is 4910. The van der Waals surface area contributed by atoms with Crippen molar-refractivity contribution in [1.82, 2.24) is 0 Å². The van der Waals surface area contributed by atoms with Crippen molar-refractivity contribution < 1.29 is 32.9 Å². The summed E-state index contributed by atoms with van der Waals surface area (Å²) in [6.45, 7) is 0. The predicted octanol–water partition coefficient (Wildman–Crippen LogP) is -7.19. The maximum absolute atomic E-state index is 0. The summed E-state index contributed by atoms with van der Waals surface area (Å²) in [6.07, 6.45) is 0. The molecular formula is Al7As3Ga7O6. The van der Waals surface area contributed by atoms with Gasteiger partial charge in [-0.3, -0.25) is 0 Å². The SMILES string of the molecule is [Al+3].[Al+3].[Al+3].[Al+3].[Al+3].[Al+3].[Al+3].[As-3].[As-3].[As-3].[Ga].[Ga].[Ga].[Ga].[Ga].[Ga].[Ga].[O-2].[O-2].[O-2].[O-2].[O-2].[O-2]. The van der Waals surface area contributed by atoms with Crippen LogP contribution in [0.1, 0.15) is 0 Å². The van der Waals surface area contributed by atoms with Gasteiger partial charge in [-0.25, -0.2) is 0 Å². The van der Waals surface area contributed by atoms with Gasteiger partial charge in [-0.05, 0) is 0 Å². The normalized spacial score (nSPS) is 0. The van der Waals surface area contributed by atoms with E-state index in [4.69, 9.17) is 0 Å². The summed E-state index contributed by atoms with van der Waals surface area (Å²) in [7, 11) is 0. The van der Waals surface area contributed by atoms with Crippen molar-refractivity contribution in [2.24, 2.45) is 0 Å². The van der Waals surface area contributed by atoms with Gasteiger partial charge in [-0.15, -0.1) is 0 Å². The van der Waals surface area contributed by atoms with Gasteiger partial charge in [-0.1, -0.05) is 0 Å². The molecule has 0 amide bonds. The van der Waals surface area contributed by atoms with E-state index in [-0.39, 0.29) is 347 Å². The van der Waals surface area contributed by atoms with Crippen LogP contribution >= 0.6 is 0 Å². The van der Waals surface area contributed by atoms with E-state index in [1.807, 2.05) is 0 Å². The van der Waals surface area contributed by atoms with Crippen LogP contribution in [0.4, 0.5) is 0 Å². The van der Waals surface area contributed by atoms with Gasteiger partial charge in [0, 0.05) is 139 Å². The Labute approximate surface area is 339 Å². The number of hydrogen-bond donors (Lipinski definition) is 0. The first-order valence-electron chi connectivity index (χ1n) is 0. The molecule has 0 aliphatic carbocycles. The molecule has 93 valence electrons. The van der Waals surface area contributed by atoms with Crippen LogP contribution in [0.2, 0.25) is 0 Å². The number of rotatable bonds is 0. The van der Waals surface area contributed by atoms with Gasteiger partial charge in [0.15, 0.2) is 0 Å². The molecule has 0 heterocycles. The second kappa shape index (κ2) is 320. The zero-order valence-corrected chi connectivity index (χ0v) is 42.5. The van der Waals surface area contributed by atoms with E-state index in [2.05, 4.69) is 0 Å². The monoisotopic (exact) mass is 992 g/mol. The van der Waals surface area contributed by atoms with E-state index in [0.717, 1.165) is 0 Å². The second-order valence-corrected chi connectivity index (χ2v) is 0. The quantitative estimate of drug-likeness (QED) is 0.211. The Morgan fingerprint density at radius 3 is 0.174 bits per heavy atom. The van der Waals surface area contributed by atoms with Gasteiger partial charge in [0.2, 0.25) is 0 Å². The maximum atomic E-state index is 0. The summed E-state index contributed by atoms with van der Waals surface area (Å²) in [5.41, 5.74) is 0. The molecule has 23 heteroatoms. The molecule has 6 nitrogen and oxygen atoms in total. The van der Waals surface area contributed by atoms with Crippen molar-refractivity contribution >= 4 is 314 Å². The van der Waals surface area contributed by atoms with Crippen LogP contribution in [0.5, 0.6) is 0 Å². The topological polar surface area (TPSA) is 171 Å². The second-order valence-electron chi connectivity index (χ2n) is 0. The van der Waals surface area contributed by atoms with Crippen LogP contribution in [0.15, 0.2) is 0 Å². The van der Waals surface area contributed by atoms with Gasteiger partial charge in [0.1, 0.15) is 0 Å². The van der Waals surface area contributed by atoms with Crippen LogP contribution < -0.4 is 0 Å². The van der Waals surface area contributed by atoms with Crippen molar-refractivity contribution in [3.05, 3.63) is 0 Å². The van der Waals surface area contributed by atoms with Crippen LogP contribution in [-0.4, -0.2) is 314 Å². The Bertz CT molecular complexity index is 44.5. The minimum absolute atomic E-state index is 0. The molecule has 0 N–H and O–H groups in total. The Balaban J connectivity index is 0. The van der Waals surface area contributed by atoms with Crippen molar-refractivity contribution in [2.45, 2.75) is 0 Å². The molecule has 0 saturated carbocycles.